The molecule has 0 spiro atoms. The summed E-state index contributed by atoms with van der Waals surface area (Å²) in [6.45, 7) is 2.33. The van der Waals surface area contributed by atoms with E-state index < -0.39 is 6.04 Å². The lowest BCUT2D eigenvalue weighted by Crippen LogP contribution is -2.48. The van der Waals surface area contributed by atoms with Gasteiger partial charge in [-0.3, -0.25) is 14.4 Å². The maximum Gasteiger partial charge on any atom is 0.243 e. The van der Waals surface area contributed by atoms with Crippen molar-refractivity contribution in [2.75, 3.05) is 13.1 Å². The average Bonchev–Trinajstić information content (AvgIpc) is 3.20. The molecule has 2 rings (SSSR count). The predicted octanol–water partition coefficient (Wildman–Crippen LogP) is 0.660. The minimum atomic E-state index is -0.486. The molecule has 3 N–H and O–H groups in total. The van der Waals surface area contributed by atoms with Gasteiger partial charge in [0.1, 0.15) is 6.04 Å². The number of rotatable bonds is 7. The lowest BCUT2D eigenvalue weighted by atomic mass is 10.2. The van der Waals surface area contributed by atoms with E-state index >= 15 is 0 Å². The van der Waals surface area contributed by atoms with E-state index in [1.165, 1.54) is 22.5 Å². The Morgan fingerprint density at radius 3 is 2.96 bits per heavy atom. The Hall–Kier alpha value is -2.22. The number of nitrogens with one attached hydrogen (secondary N) is 3. The van der Waals surface area contributed by atoms with Crippen LogP contribution >= 0.6 is 11.3 Å². The molecular formula is C15H20N4O3S. The number of carbonyl (C=O) groups is 3. The molecule has 0 aromatic carbocycles. The molecule has 23 heavy (non-hydrogen) atoms. The van der Waals surface area contributed by atoms with E-state index in [1.807, 2.05) is 19.1 Å². The molecule has 124 valence electrons. The molecule has 0 radical (unpaired) electrons. The molecule has 1 aromatic rings. The first-order chi connectivity index (χ1) is 11.1. The Kier molecular flexibility index (Phi) is 5.86. The average molecular weight is 336 g/mol. The number of amides is 3. The third kappa shape index (κ3) is 4.16. The fourth-order valence-corrected chi connectivity index (χ4v) is 3.47. The Labute approximate surface area is 138 Å². The normalized spacial score (nSPS) is 18.3. The maximum absolute atomic E-state index is 12.5. The van der Waals surface area contributed by atoms with E-state index in [4.69, 9.17) is 5.41 Å². The number of hydrogen-bond acceptors (Lipinski definition) is 5. The van der Waals surface area contributed by atoms with Gasteiger partial charge in [0, 0.05) is 22.5 Å². The first kappa shape index (κ1) is 17.1. The maximum atomic E-state index is 12.5. The third-order valence-electron chi connectivity index (χ3n) is 3.79. The standard InChI is InChI=1S/C15H20N4O3S/c1-10(13-5-4-11(7-16)23-13)18-15(22)12-3-2-6-19(12)14(21)8-17-9-20/h4-5,7,9-10,12,16H,2-3,6,8H2,1H3,(H,17,20)(H,18,22)/t10-,12?/m1/s1. The van der Waals surface area contributed by atoms with Crippen LogP contribution in [0, 0.1) is 5.41 Å². The lowest BCUT2D eigenvalue weighted by Gasteiger charge is -2.25. The van der Waals surface area contributed by atoms with Crippen molar-refractivity contribution in [3.63, 3.8) is 0 Å². The van der Waals surface area contributed by atoms with Crippen molar-refractivity contribution in [2.45, 2.75) is 31.8 Å². The SMILES string of the molecule is C[C@@H](NC(=O)C1CCCN1C(=O)CNC=O)c1ccc(C=N)s1. The molecular weight excluding hydrogens is 316 g/mol. The van der Waals surface area contributed by atoms with Crippen LogP contribution in [-0.4, -0.2) is 48.5 Å². The zero-order valence-electron chi connectivity index (χ0n) is 12.9. The van der Waals surface area contributed by atoms with E-state index in [0.717, 1.165) is 16.2 Å². The highest BCUT2D eigenvalue weighted by atomic mass is 32.1. The summed E-state index contributed by atoms with van der Waals surface area (Å²) in [5.41, 5.74) is 0. The topological polar surface area (TPSA) is 102 Å². The van der Waals surface area contributed by atoms with E-state index in [9.17, 15) is 14.4 Å². The molecule has 0 aliphatic carbocycles. The van der Waals surface area contributed by atoms with Gasteiger partial charge in [0.05, 0.1) is 12.6 Å². The van der Waals surface area contributed by atoms with Crippen LogP contribution in [0.5, 0.6) is 0 Å². The summed E-state index contributed by atoms with van der Waals surface area (Å²) < 4.78 is 0. The molecule has 1 fully saturated rings. The van der Waals surface area contributed by atoms with Crippen LogP contribution in [-0.2, 0) is 14.4 Å². The highest BCUT2D eigenvalue weighted by Crippen LogP contribution is 2.23. The smallest absolute Gasteiger partial charge is 0.243 e. The molecule has 0 bridgehead atoms. The molecule has 2 heterocycles. The molecule has 8 heteroatoms. The summed E-state index contributed by atoms with van der Waals surface area (Å²) >= 11 is 1.46. The summed E-state index contributed by atoms with van der Waals surface area (Å²) in [6.07, 6.45) is 3.15. The minimum absolute atomic E-state index is 0.0869. The van der Waals surface area contributed by atoms with Crippen molar-refractivity contribution >= 4 is 35.8 Å². The summed E-state index contributed by atoms with van der Waals surface area (Å²) in [7, 11) is 0. The van der Waals surface area contributed by atoms with Crippen LogP contribution in [0.1, 0.15) is 35.6 Å². The molecule has 7 nitrogen and oxygen atoms in total. The number of carbonyl (C=O) groups excluding carboxylic acids is 3. The van der Waals surface area contributed by atoms with Crippen LogP contribution < -0.4 is 10.6 Å². The van der Waals surface area contributed by atoms with Crippen molar-refractivity contribution in [1.29, 1.82) is 5.41 Å². The lowest BCUT2D eigenvalue weighted by molar-refractivity contribution is -0.138. The van der Waals surface area contributed by atoms with Crippen molar-refractivity contribution in [2.24, 2.45) is 0 Å². The largest absolute Gasteiger partial charge is 0.350 e. The zero-order chi connectivity index (χ0) is 16.8. The molecule has 3 amide bonds. The highest BCUT2D eigenvalue weighted by molar-refractivity contribution is 7.13. The van der Waals surface area contributed by atoms with Crippen molar-refractivity contribution in [3.8, 4) is 0 Å². The Bertz CT molecular complexity index is 601. The van der Waals surface area contributed by atoms with Crippen LogP contribution in [0.3, 0.4) is 0 Å². The zero-order valence-corrected chi connectivity index (χ0v) is 13.7. The van der Waals surface area contributed by atoms with E-state index in [2.05, 4.69) is 10.6 Å². The van der Waals surface area contributed by atoms with Gasteiger partial charge in [0.15, 0.2) is 0 Å². The fraction of sp³-hybridized carbons (Fsp3) is 0.467. The first-order valence-corrected chi connectivity index (χ1v) is 8.25. The van der Waals surface area contributed by atoms with Gasteiger partial charge in [-0.25, -0.2) is 0 Å². The molecule has 1 aliphatic rings. The summed E-state index contributed by atoms with van der Waals surface area (Å²) in [5, 5.41) is 12.5. The summed E-state index contributed by atoms with van der Waals surface area (Å²) in [4.78, 5) is 38.1. The number of likely N-dealkylation sites (tertiary alicyclic amines) is 1. The van der Waals surface area contributed by atoms with Gasteiger partial charge in [0.25, 0.3) is 0 Å². The van der Waals surface area contributed by atoms with Crippen LogP contribution in [0.25, 0.3) is 0 Å². The second-order valence-corrected chi connectivity index (χ2v) is 6.51. The molecule has 0 saturated carbocycles. The first-order valence-electron chi connectivity index (χ1n) is 7.44. The predicted molar refractivity (Wildman–Crippen MR) is 87.6 cm³/mol. The number of hydrogen-bond donors (Lipinski definition) is 3. The van der Waals surface area contributed by atoms with Gasteiger partial charge in [-0.15, -0.1) is 11.3 Å². The summed E-state index contributed by atoms with van der Waals surface area (Å²) in [6, 6.07) is 3.07. The van der Waals surface area contributed by atoms with Gasteiger partial charge in [-0.2, -0.15) is 0 Å². The quantitative estimate of drug-likeness (QED) is 0.503. The number of thiophene rings is 1. The van der Waals surface area contributed by atoms with E-state index in [-0.39, 0.29) is 24.4 Å². The second kappa shape index (κ2) is 7.87. The van der Waals surface area contributed by atoms with Crippen molar-refractivity contribution < 1.29 is 14.4 Å². The second-order valence-electron chi connectivity index (χ2n) is 5.36. The Balaban J connectivity index is 1.96. The van der Waals surface area contributed by atoms with Crippen LogP contribution in [0.2, 0.25) is 0 Å². The Morgan fingerprint density at radius 1 is 1.52 bits per heavy atom. The number of nitrogens with zero attached hydrogens (tertiary/aromatic N) is 1. The monoisotopic (exact) mass is 336 g/mol. The summed E-state index contributed by atoms with van der Waals surface area (Å²) in [5.74, 6) is -0.427. The molecule has 1 saturated heterocycles. The molecule has 1 aliphatic heterocycles. The third-order valence-corrected chi connectivity index (χ3v) is 5.00. The minimum Gasteiger partial charge on any atom is -0.350 e. The van der Waals surface area contributed by atoms with Crippen molar-refractivity contribution in [1.82, 2.24) is 15.5 Å². The Morgan fingerprint density at radius 2 is 2.30 bits per heavy atom. The van der Waals surface area contributed by atoms with Crippen molar-refractivity contribution in [3.05, 3.63) is 21.9 Å². The fourth-order valence-electron chi connectivity index (χ4n) is 2.63. The van der Waals surface area contributed by atoms with E-state index in [0.29, 0.717) is 19.4 Å². The van der Waals surface area contributed by atoms with Crippen LogP contribution in [0.4, 0.5) is 0 Å². The molecule has 1 aromatic heterocycles. The van der Waals surface area contributed by atoms with Gasteiger partial charge >= 0.3 is 0 Å². The molecule has 1 unspecified atom stereocenters. The highest BCUT2D eigenvalue weighted by Gasteiger charge is 2.34. The van der Waals surface area contributed by atoms with Gasteiger partial charge in [-0.05, 0) is 31.9 Å². The molecule has 2 atom stereocenters. The van der Waals surface area contributed by atoms with Crippen LogP contribution in [0.15, 0.2) is 12.1 Å². The van der Waals surface area contributed by atoms with Gasteiger partial charge in [0.2, 0.25) is 18.2 Å². The van der Waals surface area contributed by atoms with E-state index in [1.54, 1.807) is 0 Å². The van der Waals surface area contributed by atoms with Gasteiger partial charge < -0.3 is 20.9 Å². The van der Waals surface area contributed by atoms with Gasteiger partial charge in [-0.1, -0.05) is 0 Å².